The summed E-state index contributed by atoms with van der Waals surface area (Å²) in [5.74, 6) is 2.84. The van der Waals surface area contributed by atoms with E-state index in [4.69, 9.17) is 6.42 Å². The first-order valence-corrected chi connectivity index (χ1v) is 8.52. The molecule has 1 N–H and O–H groups in total. The van der Waals surface area contributed by atoms with E-state index in [1.807, 2.05) is 12.3 Å². The highest BCUT2D eigenvalue weighted by Gasteiger charge is 2.32. The van der Waals surface area contributed by atoms with Crippen molar-refractivity contribution in [1.29, 1.82) is 0 Å². The van der Waals surface area contributed by atoms with Crippen molar-refractivity contribution >= 4 is 5.69 Å². The number of hydrogen-bond acceptors (Lipinski definition) is 2. The smallest absolute Gasteiger partial charge is 0.0487 e. The molecule has 2 heteroatoms. The fraction of sp³-hybridized carbons (Fsp3) is 0.261. The zero-order chi connectivity index (χ0) is 18.3. The summed E-state index contributed by atoms with van der Waals surface area (Å²) in [6.45, 7) is 14.7. The van der Waals surface area contributed by atoms with Crippen LogP contribution in [0.3, 0.4) is 0 Å². The number of nitrogens with one attached hydrogen (secondary N) is 1. The van der Waals surface area contributed by atoms with Crippen LogP contribution in [0.4, 0.5) is 5.69 Å². The van der Waals surface area contributed by atoms with Crippen molar-refractivity contribution in [2.24, 2.45) is 0 Å². The predicted octanol–water partition coefficient (Wildman–Crippen LogP) is 5.40. The van der Waals surface area contributed by atoms with Gasteiger partial charge in [-0.15, -0.1) is 6.42 Å². The van der Waals surface area contributed by atoms with E-state index in [1.165, 1.54) is 28.0 Å². The number of anilines is 1. The second-order valence-electron chi connectivity index (χ2n) is 6.91. The van der Waals surface area contributed by atoms with E-state index in [0.29, 0.717) is 0 Å². The molecule has 1 aromatic carbocycles. The Kier molecular flexibility index (Phi) is 4.27. The molecule has 1 atom stereocenters. The molecule has 1 unspecified atom stereocenters. The fourth-order valence-electron chi connectivity index (χ4n) is 3.82. The van der Waals surface area contributed by atoms with Crippen LogP contribution in [0.5, 0.6) is 0 Å². The predicted molar refractivity (Wildman–Crippen MR) is 106 cm³/mol. The van der Waals surface area contributed by atoms with Crippen molar-refractivity contribution in [3.05, 3.63) is 81.3 Å². The van der Waals surface area contributed by atoms with Gasteiger partial charge in [0.15, 0.2) is 0 Å². The lowest BCUT2D eigenvalue weighted by Gasteiger charge is -2.34. The van der Waals surface area contributed by atoms with Gasteiger partial charge in [0.2, 0.25) is 0 Å². The van der Waals surface area contributed by atoms with E-state index < -0.39 is 0 Å². The van der Waals surface area contributed by atoms with Crippen LogP contribution in [0, 0.1) is 33.1 Å². The van der Waals surface area contributed by atoms with E-state index in [1.54, 1.807) is 0 Å². The largest absolute Gasteiger partial charge is 0.358 e. The molecule has 1 aliphatic heterocycles. The normalized spacial score (nSPS) is 16.1. The number of hydrogen-bond donors (Lipinski definition) is 1. The molecule has 3 rings (SSSR count). The zero-order valence-electron chi connectivity index (χ0n) is 15.6. The van der Waals surface area contributed by atoms with Gasteiger partial charge in [0.05, 0.1) is 0 Å². The first-order chi connectivity index (χ1) is 11.8. The van der Waals surface area contributed by atoms with Crippen LogP contribution in [0.25, 0.3) is 0 Å². The highest BCUT2D eigenvalue weighted by Crippen LogP contribution is 2.46. The Morgan fingerprint density at radius 3 is 2.52 bits per heavy atom. The number of allylic oxidation sites excluding steroid dienone is 3. The zero-order valence-corrected chi connectivity index (χ0v) is 15.6. The molecule has 0 amide bonds. The van der Waals surface area contributed by atoms with Crippen molar-refractivity contribution < 1.29 is 0 Å². The summed E-state index contributed by atoms with van der Waals surface area (Å²) < 4.78 is 0. The lowest BCUT2D eigenvalue weighted by atomic mass is 9.76. The monoisotopic (exact) mass is 328 g/mol. The van der Waals surface area contributed by atoms with Gasteiger partial charge in [-0.05, 0) is 69.0 Å². The molecule has 0 spiro atoms. The van der Waals surface area contributed by atoms with Crippen LogP contribution in [0.1, 0.15) is 53.3 Å². The summed E-state index contributed by atoms with van der Waals surface area (Å²) >= 11 is 0. The van der Waals surface area contributed by atoms with E-state index >= 15 is 0 Å². The first-order valence-electron chi connectivity index (χ1n) is 8.52. The number of aromatic nitrogens is 1. The minimum absolute atomic E-state index is 0.118. The van der Waals surface area contributed by atoms with E-state index in [0.717, 1.165) is 28.1 Å². The Morgan fingerprint density at radius 2 is 1.92 bits per heavy atom. The number of benzene rings is 1. The number of terminal acetylenes is 1. The molecule has 0 saturated carbocycles. The molecule has 25 heavy (non-hydrogen) atoms. The Labute approximate surface area is 150 Å². The van der Waals surface area contributed by atoms with Gasteiger partial charge in [0.25, 0.3) is 0 Å². The molecule has 2 aromatic rings. The van der Waals surface area contributed by atoms with Crippen LogP contribution in [-0.2, 0) is 0 Å². The summed E-state index contributed by atoms with van der Waals surface area (Å²) in [4.78, 5) is 4.63. The van der Waals surface area contributed by atoms with Crippen molar-refractivity contribution in [2.45, 2.75) is 40.5 Å². The second kappa shape index (κ2) is 6.26. The molecule has 1 aliphatic rings. The summed E-state index contributed by atoms with van der Waals surface area (Å²) in [6, 6.07) is 6.26. The van der Waals surface area contributed by atoms with Crippen LogP contribution < -0.4 is 5.32 Å². The Balaban J connectivity index is 2.35. The molecule has 0 fully saturated rings. The average molecular weight is 328 g/mol. The van der Waals surface area contributed by atoms with Crippen molar-refractivity contribution in [3.63, 3.8) is 0 Å². The highest BCUT2D eigenvalue weighted by atomic mass is 14.9. The van der Waals surface area contributed by atoms with Gasteiger partial charge in [-0.3, -0.25) is 4.98 Å². The van der Waals surface area contributed by atoms with Gasteiger partial charge in [-0.1, -0.05) is 24.1 Å². The molecule has 0 saturated heterocycles. The average Bonchev–Trinajstić information content (AvgIpc) is 2.56. The molecular formula is C23H24N2. The highest BCUT2D eigenvalue weighted by molar-refractivity contribution is 5.72. The van der Waals surface area contributed by atoms with Gasteiger partial charge < -0.3 is 5.32 Å². The lowest BCUT2D eigenvalue weighted by molar-refractivity contribution is 0.875. The maximum Gasteiger partial charge on any atom is 0.0487 e. The molecule has 1 aromatic heterocycles. The van der Waals surface area contributed by atoms with Crippen molar-refractivity contribution in [2.75, 3.05) is 5.32 Å². The number of rotatable bonds is 2. The molecule has 126 valence electrons. The van der Waals surface area contributed by atoms with Crippen LogP contribution in [0.2, 0.25) is 0 Å². The maximum absolute atomic E-state index is 5.57. The Hall–Kier alpha value is -2.79. The van der Waals surface area contributed by atoms with Gasteiger partial charge in [0, 0.05) is 40.3 Å². The molecule has 2 heterocycles. The third-order valence-electron chi connectivity index (χ3n) is 5.01. The quantitative estimate of drug-likeness (QED) is 0.747. The molecular weight excluding hydrogens is 304 g/mol. The van der Waals surface area contributed by atoms with E-state index in [9.17, 15) is 0 Å². The molecule has 0 bridgehead atoms. The Bertz CT molecular complexity index is 955. The van der Waals surface area contributed by atoms with Crippen LogP contribution in [0.15, 0.2) is 47.8 Å². The molecule has 0 aliphatic carbocycles. The summed E-state index contributed by atoms with van der Waals surface area (Å²) in [5.41, 5.74) is 11.4. The summed E-state index contributed by atoms with van der Waals surface area (Å²) in [7, 11) is 0. The summed E-state index contributed by atoms with van der Waals surface area (Å²) in [6.07, 6.45) is 7.51. The van der Waals surface area contributed by atoms with Crippen molar-refractivity contribution in [3.8, 4) is 12.3 Å². The standard InChI is InChI=1S/C23H24N2/c1-8-18-9-10-19(14(4)11-18)22-20(13(2)3)17(7)25-23-15(5)12-24-16(6)21(22)23/h1,9-12,22,25H,2H2,3-7H3. The summed E-state index contributed by atoms with van der Waals surface area (Å²) in [5, 5.41) is 3.59. The SMILES string of the molecule is C#Cc1ccc(C2C(C(=C)C)=C(C)Nc3c(C)cnc(C)c32)c(C)c1. The molecule has 2 nitrogen and oxygen atoms in total. The third kappa shape index (κ3) is 2.76. The molecule has 0 radical (unpaired) electrons. The Morgan fingerprint density at radius 1 is 1.20 bits per heavy atom. The third-order valence-corrected chi connectivity index (χ3v) is 5.01. The maximum atomic E-state index is 5.57. The van der Waals surface area contributed by atoms with E-state index in [2.05, 4.69) is 69.6 Å². The number of nitrogens with zero attached hydrogens (tertiary/aromatic N) is 1. The number of aryl methyl sites for hydroxylation is 3. The van der Waals surface area contributed by atoms with Crippen LogP contribution >= 0.6 is 0 Å². The lowest BCUT2D eigenvalue weighted by Crippen LogP contribution is -2.21. The van der Waals surface area contributed by atoms with E-state index in [-0.39, 0.29) is 5.92 Å². The topological polar surface area (TPSA) is 24.9 Å². The first kappa shape index (κ1) is 17.0. The van der Waals surface area contributed by atoms with Gasteiger partial charge in [-0.2, -0.15) is 0 Å². The van der Waals surface area contributed by atoms with Crippen LogP contribution in [-0.4, -0.2) is 4.98 Å². The minimum Gasteiger partial charge on any atom is -0.358 e. The number of fused-ring (bicyclic) bond motifs is 1. The van der Waals surface area contributed by atoms with Gasteiger partial charge in [-0.25, -0.2) is 0 Å². The van der Waals surface area contributed by atoms with Crippen molar-refractivity contribution in [1.82, 2.24) is 4.98 Å². The minimum atomic E-state index is 0.118. The number of pyridine rings is 1. The fourth-order valence-corrected chi connectivity index (χ4v) is 3.82. The van der Waals surface area contributed by atoms with Gasteiger partial charge in [0.1, 0.15) is 0 Å². The van der Waals surface area contributed by atoms with Gasteiger partial charge >= 0.3 is 0 Å². The second-order valence-corrected chi connectivity index (χ2v) is 6.91.